The van der Waals surface area contributed by atoms with Crippen LogP contribution in [-0.2, 0) is 14.3 Å². The number of esters is 1. The number of hydrogen-bond acceptors (Lipinski definition) is 4. The maximum Gasteiger partial charge on any atom is 0.331 e. The lowest BCUT2D eigenvalue weighted by Crippen LogP contribution is -2.45. The van der Waals surface area contributed by atoms with Crippen LogP contribution in [0.3, 0.4) is 0 Å². The Morgan fingerprint density at radius 1 is 1.41 bits per heavy atom. The Balaban J connectivity index is 1.79. The van der Waals surface area contributed by atoms with Gasteiger partial charge >= 0.3 is 5.97 Å². The Morgan fingerprint density at radius 3 is 2.86 bits per heavy atom. The summed E-state index contributed by atoms with van der Waals surface area (Å²) >= 11 is 1.54. The molecular formula is C17H23NO3S. The first-order valence-electron chi connectivity index (χ1n) is 7.79. The molecule has 0 aromatic carbocycles. The van der Waals surface area contributed by atoms with E-state index in [-0.39, 0.29) is 11.9 Å². The topological polar surface area (TPSA) is 55.4 Å². The van der Waals surface area contributed by atoms with E-state index in [1.165, 1.54) is 23.8 Å². The van der Waals surface area contributed by atoms with Gasteiger partial charge in [0.05, 0.1) is 0 Å². The molecule has 1 amide bonds. The summed E-state index contributed by atoms with van der Waals surface area (Å²) in [7, 11) is 0. The van der Waals surface area contributed by atoms with Crippen molar-refractivity contribution in [1.29, 1.82) is 0 Å². The SMILES string of the molecule is C[C@@H]1CCCC[C@@H]1NC(=O)[C@@H](C)OC(=O)/C=C/c1cccs1. The fourth-order valence-corrected chi connectivity index (χ4v) is 3.25. The second kappa shape index (κ2) is 8.13. The van der Waals surface area contributed by atoms with Gasteiger partial charge < -0.3 is 10.1 Å². The zero-order valence-electron chi connectivity index (χ0n) is 13.1. The van der Waals surface area contributed by atoms with Crippen molar-refractivity contribution in [2.75, 3.05) is 0 Å². The van der Waals surface area contributed by atoms with Crippen LogP contribution in [0.2, 0.25) is 0 Å². The zero-order valence-corrected chi connectivity index (χ0v) is 13.9. The van der Waals surface area contributed by atoms with Crippen molar-refractivity contribution < 1.29 is 14.3 Å². The molecule has 1 N–H and O–H groups in total. The molecule has 3 atom stereocenters. The van der Waals surface area contributed by atoms with Gasteiger partial charge in [0.1, 0.15) is 0 Å². The second-order valence-corrected chi connectivity index (χ2v) is 6.78. The van der Waals surface area contributed by atoms with Crippen LogP contribution in [0.4, 0.5) is 0 Å². The van der Waals surface area contributed by atoms with Crippen LogP contribution in [0.5, 0.6) is 0 Å². The van der Waals surface area contributed by atoms with Crippen LogP contribution in [0.15, 0.2) is 23.6 Å². The monoisotopic (exact) mass is 321 g/mol. The smallest absolute Gasteiger partial charge is 0.331 e. The van der Waals surface area contributed by atoms with Gasteiger partial charge in [0.25, 0.3) is 5.91 Å². The molecule has 0 aliphatic heterocycles. The lowest BCUT2D eigenvalue weighted by Gasteiger charge is -2.30. The molecule has 1 aromatic heterocycles. The molecule has 2 rings (SSSR count). The Hall–Kier alpha value is -1.62. The summed E-state index contributed by atoms with van der Waals surface area (Å²) in [6.07, 6.45) is 6.81. The lowest BCUT2D eigenvalue weighted by atomic mass is 9.86. The summed E-state index contributed by atoms with van der Waals surface area (Å²) in [5, 5.41) is 4.94. The second-order valence-electron chi connectivity index (χ2n) is 5.80. The van der Waals surface area contributed by atoms with Gasteiger partial charge in [-0.1, -0.05) is 25.8 Å². The number of amides is 1. The number of carbonyl (C=O) groups excluding carboxylic acids is 2. The molecule has 4 nitrogen and oxygen atoms in total. The predicted octanol–water partition coefficient (Wildman–Crippen LogP) is 3.39. The molecule has 1 aliphatic rings. The van der Waals surface area contributed by atoms with Gasteiger partial charge in [0, 0.05) is 17.0 Å². The maximum atomic E-state index is 12.1. The van der Waals surface area contributed by atoms with E-state index in [0.717, 1.165) is 24.1 Å². The van der Waals surface area contributed by atoms with Crippen molar-refractivity contribution in [3.63, 3.8) is 0 Å². The summed E-state index contributed by atoms with van der Waals surface area (Å²) in [5.74, 6) is -0.219. The molecule has 1 aromatic rings. The van der Waals surface area contributed by atoms with Gasteiger partial charge in [-0.05, 0) is 43.2 Å². The van der Waals surface area contributed by atoms with E-state index in [1.807, 2.05) is 17.5 Å². The van der Waals surface area contributed by atoms with E-state index >= 15 is 0 Å². The highest BCUT2D eigenvalue weighted by molar-refractivity contribution is 7.10. The van der Waals surface area contributed by atoms with Gasteiger partial charge in [-0.3, -0.25) is 4.79 Å². The average Bonchev–Trinajstić information content (AvgIpc) is 3.00. The molecule has 0 radical (unpaired) electrons. The van der Waals surface area contributed by atoms with Crippen molar-refractivity contribution in [3.8, 4) is 0 Å². The number of ether oxygens (including phenoxy) is 1. The third-order valence-electron chi connectivity index (χ3n) is 4.03. The van der Waals surface area contributed by atoms with Gasteiger partial charge in [0.2, 0.25) is 0 Å². The van der Waals surface area contributed by atoms with E-state index in [1.54, 1.807) is 13.0 Å². The minimum atomic E-state index is -0.769. The third kappa shape index (κ3) is 4.98. The Morgan fingerprint density at radius 2 is 2.18 bits per heavy atom. The number of carbonyl (C=O) groups is 2. The zero-order chi connectivity index (χ0) is 15.9. The molecule has 5 heteroatoms. The summed E-state index contributed by atoms with van der Waals surface area (Å²) in [4.78, 5) is 24.8. The molecule has 0 saturated heterocycles. The fraction of sp³-hybridized carbons (Fsp3) is 0.529. The van der Waals surface area contributed by atoms with E-state index in [4.69, 9.17) is 4.74 Å². The largest absolute Gasteiger partial charge is 0.449 e. The van der Waals surface area contributed by atoms with Crippen LogP contribution in [-0.4, -0.2) is 24.0 Å². The van der Waals surface area contributed by atoms with Gasteiger partial charge in [-0.2, -0.15) is 0 Å². The van der Waals surface area contributed by atoms with E-state index < -0.39 is 12.1 Å². The maximum absolute atomic E-state index is 12.1. The van der Waals surface area contributed by atoms with E-state index in [2.05, 4.69) is 12.2 Å². The molecule has 0 unspecified atom stereocenters. The highest BCUT2D eigenvalue weighted by Gasteiger charge is 2.25. The fourth-order valence-electron chi connectivity index (χ4n) is 2.63. The Bertz CT molecular complexity index is 524. The highest BCUT2D eigenvalue weighted by atomic mass is 32.1. The number of thiophene rings is 1. The quantitative estimate of drug-likeness (QED) is 0.668. The molecule has 0 bridgehead atoms. The summed E-state index contributed by atoms with van der Waals surface area (Å²) in [5.41, 5.74) is 0. The summed E-state index contributed by atoms with van der Waals surface area (Å²) < 4.78 is 5.15. The van der Waals surface area contributed by atoms with Gasteiger partial charge in [0.15, 0.2) is 6.10 Å². The first-order chi connectivity index (χ1) is 10.6. The summed E-state index contributed by atoms with van der Waals surface area (Å²) in [6.45, 7) is 3.77. The molecule has 22 heavy (non-hydrogen) atoms. The van der Waals surface area contributed by atoms with Crippen LogP contribution in [0, 0.1) is 5.92 Å². The predicted molar refractivity (Wildman–Crippen MR) is 88.5 cm³/mol. The first-order valence-corrected chi connectivity index (χ1v) is 8.67. The molecule has 120 valence electrons. The number of nitrogens with one attached hydrogen (secondary N) is 1. The number of rotatable bonds is 5. The molecular weight excluding hydrogens is 298 g/mol. The molecule has 1 saturated carbocycles. The highest BCUT2D eigenvalue weighted by Crippen LogP contribution is 2.23. The van der Waals surface area contributed by atoms with E-state index in [0.29, 0.717) is 5.92 Å². The number of hydrogen-bond donors (Lipinski definition) is 1. The van der Waals surface area contributed by atoms with Gasteiger partial charge in [-0.15, -0.1) is 11.3 Å². The van der Waals surface area contributed by atoms with Gasteiger partial charge in [-0.25, -0.2) is 4.79 Å². The molecule has 1 fully saturated rings. The van der Waals surface area contributed by atoms with Crippen molar-refractivity contribution in [2.24, 2.45) is 5.92 Å². The first kappa shape index (κ1) is 16.7. The Kier molecular flexibility index (Phi) is 6.19. The minimum Gasteiger partial charge on any atom is -0.449 e. The van der Waals surface area contributed by atoms with Crippen LogP contribution < -0.4 is 5.32 Å². The third-order valence-corrected chi connectivity index (χ3v) is 4.87. The molecule has 1 aliphatic carbocycles. The average molecular weight is 321 g/mol. The van der Waals surface area contributed by atoms with E-state index in [9.17, 15) is 9.59 Å². The standard InChI is InChI=1S/C17H23NO3S/c1-12-6-3-4-8-15(12)18-17(20)13(2)21-16(19)10-9-14-7-5-11-22-14/h5,7,9-13,15H,3-4,6,8H2,1-2H3,(H,18,20)/b10-9+/t12-,13-,15+/m1/s1. The van der Waals surface area contributed by atoms with Crippen molar-refractivity contribution in [2.45, 2.75) is 51.7 Å². The van der Waals surface area contributed by atoms with Crippen molar-refractivity contribution in [3.05, 3.63) is 28.5 Å². The van der Waals surface area contributed by atoms with Crippen LogP contribution >= 0.6 is 11.3 Å². The Labute approximate surface area is 135 Å². The normalized spacial score (nSPS) is 23.2. The molecule has 1 heterocycles. The van der Waals surface area contributed by atoms with Crippen LogP contribution in [0.25, 0.3) is 6.08 Å². The minimum absolute atomic E-state index is 0.198. The lowest BCUT2D eigenvalue weighted by molar-refractivity contribution is -0.150. The van der Waals surface area contributed by atoms with Crippen molar-refractivity contribution >= 4 is 29.3 Å². The summed E-state index contributed by atoms with van der Waals surface area (Å²) in [6, 6.07) is 4.02. The van der Waals surface area contributed by atoms with Crippen molar-refractivity contribution in [1.82, 2.24) is 5.32 Å². The molecule has 0 spiro atoms. The van der Waals surface area contributed by atoms with Crippen LogP contribution in [0.1, 0.15) is 44.4 Å².